The average Bonchev–Trinajstić information content (AvgIpc) is 3.02. The van der Waals surface area contributed by atoms with E-state index in [1.807, 2.05) is 38.1 Å². The minimum absolute atomic E-state index is 0.0901. The lowest BCUT2D eigenvalue weighted by molar-refractivity contribution is -0.115. The van der Waals surface area contributed by atoms with Crippen LogP contribution in [-0.2, 0) is 4.79 Å². The largest absolute Gasteiger partial charge is 0.325 e. The lowest BCUT2D eigenvalue weighted by atomic mass is 10.2. The van der Waals surface area contributed by atoms with Gasteiger partial charge >= 0.3 is 0 Å². The molecule has 0 bridgehead atoms. The highest BCUT2D eigenvalue weighted by Gasteiger charge is 2.19. The van der Waals surface area contributed by atoms with E-state index in [4.69, 9.17) is 11.6 Å². The number of fused-ring (bicyclic) bond motifs is 1. The first-order chi connectivity index (χ1) is 12.3. The van der Waals surface area contributed by atoms with Gasteiger partial charge in [0.15, 0.2) is 5.16 Å². The van der Waals surface area contributed by atoms with Gasteiger partial charge in [-0.3, -0.25) is 4.79 Å². The van der Waals surface area contributed by atoms with Gasteiger partial charge in [-0.05, 0) is 38.0 Å². The number of carbonyl (C=O) groups is 1. The molecule has 0 saturated heterocycles. The van der Waals surface area contributed by atoms with Crippen LogP contribution < -0.4 is 5.32 Å². The Hall–Kier alpha value is -1.63. The van der Waals surface area contributed by atoms with E-state index in [2.05, 4.69) is 35.2 Å². The number of anilines is 1. The van der Waals surface area contributed by atoms with Crippen LogP contribution in [0.15, 0.2) is 35.5 Å². The number of rotatable bonds is 5. The third kappa shape index (κ3) is 4.37. The van der Waals surface area contributed by atoms with Crippen molar-refractivity contribution < 1.29 is 4.79 Å². The Kier molecular flexibility index (Phi) is 5.85. The van der Waals surface area contributed by atoms with E-state index in [9.17, 15) is 4.79 Å². The van der Waals surface area contributed by atoms with Gasteiger partial charge < -0.3 is 5.32 Å². The second kappa shape index (κ2) is 7.94. The first kappa shape index (κ1) is 19.1. The summed E-state index contributed by atoms with van der Waals surface area (Å²) >= 11 is 9.26. The van der Waals surface area contributed by atoms with Gasteiger partial charge in [0.05, 0.1) is 5.25 Å². The molecule has 1 amide bonds. The Bertz CT molecular complexity index is 938. The second-order valence-electron chi connectivity index (χ2n) is 6.43. The van der Waals surface area contributed by atoms with Gasteiger partial charge in [0.1, 0.15) is 9.98 Å². The van der Waals surface area contributed by atoms with Gasteiger partial charge in [0.2, 0.25) is 5.91 Å². The summed E-state index contributed by atoms with van der Waals surface area (Å²) in [4.78, 5) is 23.5. The average molecular weight is 406 g/mol. The number of nitrogens with one attached hydrogen (secondary N) is 1. The molecule has 2 heterocycles. The molecular formula is C19H20ClN3OS2. The number of carbonyl (C=O) groups excluding carboxylic acids is 1. The molecule has 0 aliphatic heterocycles. The third-order valence-corrected chi connectivity index (χ3v) is 6.46. The molecule has 1 atom stereocenters. The highest BCUT2D eigenvalue weighted by molar-refractivity contribution is 8.00. The van der Waals surface area contributed by atoms with E-state index in [1.165, 1.54) is 16.6 Å². The number of hydrogen-bond donors (Lipinski definition) is 1. The number of benzene rings is 1. The predicted octanol–water partition coefficient (Wildman–Crippen LogP) is 5.90. The normalized spacial score (nSPS) is 12.5. The van der Waals surface area contributed by atoms with Crippen LogP contribution in [0.3, 0.4) is 0 Å². The van der Waals surface area contributed by atoms with E-state index in [0.717, 1.165) is 21.5 Å². The lowest BCUT2D eigenvalue weighted by Gasteiger charge is -2.11. The monoisotopic (exact) mass is 405 g/mol. The number of aromatic nitrogens is 2. The third-order valence-electron chi connectivity index (χ3n) is 3.88. The molecule has 1 unspecified atom stereocenters. The van der Waals surface area contributed by atoms with Crippen LogP contribution in [0.25, 0.3) is 10.2 Å². The Morgan fingerprint density at radius 3 is 2.54 bits per heavy atom. The summed E-state index contributed by atoms with van der Waals surface area (Å²) in [7, 11) is 0. The number of halogens is 1. The molecule has 0 fully saturated rings. The molecule has 0 saturated carbocycles. The summed E-state index contributed by atoms with van der Waals surface area (Å²) in [6.45, 7) is 8.12. The molecule has 3 aromatic rings. The minimum atomic E-state index is -0.339. The van der Waals surface area contributed by atoms with Crippen LogP contribution in [0.5, 0.6) is 0 Å². The first-order valence-electron chi connectivity index (χ1n) is 8.34. The SMILES string of the molecule is Cc1ccc(NC(=O)C(C)Sc2nc(Cl)c3cc(C(C)C)sc3n2)cc1. The molecule has 0 spiro atoms. The van der Waals surface area contributed by atoms with Crippen molar-refractivity contribution in [1.82, 2.24) is 9.97 Å². The van der Waals surface area contributed by atoms with Gasteiger partial charge in [-0.1, -0.05) is 54.9 Å². The number of thiophene rings is 1. The quantitative estimate of drug-likeness (QED) is 0.326. The molecule has 26 heavy (non-hydrogen) atoms. The van der Waals surface area contributed by atoms with Gasteiger partial charge in [-0.25, -0.2) is 9.97 Å². The summed E-state index contributed by atoms with van der Waals surface area (Å²) in [6.07, 6.45) is 0. The Balaban J connectivity index is 1.74. The zero-order chi connectivity index (χ0) is 18.8. The molecule has 2 aromatic heterocycles. The van der Waals surface area contributed by atoms with Gasteiger partial charge in [0.25, 0.3) is 0 Å². The second-order valence-corrected chi connectivity index (χ2v) is 9.16. The molecule has 1 N–H and O–H groups in total. The summed E-state index contributed by atoms with van der Waals surface area (Å²) in [5.41, 5.74) is 1.93. The topological polar surface area (TPSA) is 54.9 Å². The molecule has 136 valence electrons. The number of amides is 1. The van der Waals surface area contributed by atoms with Gasteiger partial charge in [-0.15, -0.1) is 11.3 Å². The number of thioether (sulfide) groups is 1. The standard InChI is InChI=1S/C19H20ClN3OS2/c1-10(2)15-9-14-16(20)22-19(23-18(14)26-15)25-12(4)17(24)21-13-7-5-11(3)6-8-13/h5-10,12H,1-4H3,(H,21,24). The molecular weight excluding hydrogens is 386 g/mol. The number of hydrogen-bond acceptors (Lipinski definition) is 5. The van der Waals surface area contributed by atoms with Crippen molar-refractivity contribution in [2.45, 2.75) is 44.0 Å². The molecule has 0 aliphatic rings. The number of aryl methyl sites for hydroxylation is 1. The van der Waals surface area contributed by atoms with E-state index in [-0.39, 0.29) is 11.2 Å². The Morgan fingerprint density at radius 2 is 1.88 bits per heavy atom. The van der Waals surface area contributed by atoms with Crippen LogP contribution in [-0.4, -0.2) is 21.1 Å². The fourth-order valence-corrected chi connectivity index (χ4v) is 4.51. The summed E-state index contributed by atoms with van der Waals surface area (Å²) in [5, 5.41) is 4.41. The molecule has 7 heteroatoms. The maximum atomic E-state index is 12.4. The summed E-state index contributed by atoms with van der Waals surface area (Å²) < 4.78 is 0. The van der Waals surface area contributed by atoms with Crippen LogP contribution in [0.4, 0.5) is 5.69 Å². The van der Waals surface area contributed by atoms with Crippen molar-refractivity contribution in [1.29, 1.82) is 0 Å². The summed E-state index contributed by atoms with van der Waals surface area (Å²) in [6, 6.07) is 9.77. The molecule has 0 radical (unpaired) electrons. The van der Waals surface area contributed by atoms with E-state index >= 15 is 0 Å². The fourth-order valence-electron chi connectivity index (χ4n) is 2.32. The van der Waals surface area contributed by atoms with Crippen LogP contribution >= 0.6 is 34.7 Å². The van der Waals surface area contributed by atoms with Crippen molar-refractivity contribution in [2.75, 3.05) is 5.32 Å². The van der Waals surface area contributed by atoms with Crippen molar-refractivity contribution in [3.8, 4) is 0 Å². The summed E-state index contributed by atoms with van der Waals surface area (Å²) in [5.74, 6) is 0.327. The van der Waals surface area contributed by atoms with E-state index in [0.29, 0.717) is 16.2 Å². The van der Waals surface area contributed by atoms with Crippen LogP contribution in [0, 0.1) is 6.92 Å². The predicted molar refractivity (Wildman–Crippen MR) is 112 cm³/mol. The highest BCUT2D eigenvalue weighted by atomic mass is 35.5. The number of nitrogens with zero attached hydrogens (tertiary/aromatic N) is 2. The lowest BCUT2D eigenvalue weighted by Crippen LogP contribution is -2.22. The Morgan fingerprint density at radius 1 is 1.19 bits per heavy atom. The van der Waals surface area contributed by atoms with E-state index < -0.39 is 0 Å². The van der Waals surface area contributed by atoms with Crippen LogP contribution in [0.2, 0.25) is 5.15 Å². The van der Waals surface area contributed by atoms with Crippen molar-refractivity contribution in [3.63, 3.8) is 0 Å². The van der Waals surface area contributed by atoms with Gasteiger partial charge in [0, 0.05) is 16.0 Å². The van der Waals surface area contributed by atoms with Gasteiger partial charge in [-0.2, -0.15) is 0 Å². The molecule has 0 aliphatic carbocycles. The van der Waals surface area contributed by atoms with Crippen LogP contribution in [0.1, 0.15) is 37.1 Å². The van der Waals surface area contributed by atoms with Crippen molar-refractivity contribution in [2.24, 2.45) is 0 Å². The zero-order valence-corrected chi connectivity index (χ0v) is 17.4. The fraction of sp³-hybridized carbons (Fsp3) is 0.316. The highest BCUT2D eigenvalue weighted by Crippen LogP contribution is 2.34. The first-order valence-corrected chi connectivity index (χ1v) is 10.4. The zero-order valence-electron chi connectivity index (χ0n) is 15.0. The molecule has 1 aromatic carbocycles. The van der Waals surface area contributed by atoms with Crippen molar-refractivity contribution in [3.05, 3.63) is 45.9 Å². The maximum absolute atomic E-state index is 12.4. The molecule has 4 nitrogen and oxygen atoms in total. The Labute approximate surface area is 166 Å². The smallest absolute Gasteiger partial charge is 0.237 e. The maximum Gasteiger partial charge on any atom is 0.237 e. The van der Waals surface area contributed by atoms with E-state index in [1.54, 1.807) is 11.3 Å². The molecule has 3 rings (SSSR count). The minimum Gasteiger partial charge on any atom is -0.325 e. The van der Waals surface area contributed by atoms with Crippen molar-refractivity contribution >= 4 is 56.5 Å².